The molecule has 4 fully saturated rings. The van der Waals surface area contributed by atoms with Crippen LogP contribution in [0.4, 0.5) is 0 Å². The summed E-state index contributed by atoms with van der Waals surface area (Å²) in [5.74, 6) is 2.28. The van der Waals surface area contributed by atoms with E-state index in [1.54, 1.807) is 23.4 Å². The third-order valence-electron chi connectivity index (χ3n) is 7.24. The molecule has 4 saturated carbocycles. The van der Waals surface area contributed by atoms with Crippen LogP contribution in [0, 0.1) is 11.8 Å². The van der Waals surface area contributed by atoms with Crippen LogP contribution < -0.4 is 0 Å². The number of aromatic nitrogens is 9. The van der Waals surface area contributed by atoms with Gasteiger partial charge in [-0.1, -0.05) is 0 Å². The lowest BCUT2D eigenvalue weighted by Gasteiger charge is -2.60. The fourth-order valence-electron chi connectivity index (χ4n) is 6.68. The van der Waals surface area contributed by atoms with Crippen LogP contribution in [0.2, 0.25) is 5.28 Å². The summed E-state index contributed by atoms with van der Waals surface area (Å²) < 4.78 is 3.83. The molecule has 4 aliphatic rings. The predicted octanol–water partition coefficient (Wildman–Crippen LogP) is 2.49. The van der Waals surface area contributed by atoms with E-state index in [2.05, 4.69) is 25.3 Å². The Morgan fingerprint density at radius 3 is 2.71 bits per heavy atom. The SMILES string of the molecule is Clc1ncn(C23C[C@H]4C[C@@H](CC(c5nc6c7cn[nH]c7ncn6n5)(C4)C2)C3)n1. The summed E-state index contributed by atoms with van der Waals surface area (Å²) in [6.45, 7) is 0. The molecule has 8 rings (SSSR count). The lowest BCUT2D eigenvalue weighted by molar-refractivity contribution is -0.0715. The fraction of sp³-hybridized carbons (Fsp3) is 0.556. The summed E-state index contributed by atoms with van der Waals surface area (Å²) in [7, 11) is 0. The first-order chi connectivity index (χ1) is 13.6. The molecule has 0 saturated heterocycles. The molecule has 0 aromatic carbocycles. The van der Waals surface area contributed by atoms with Crippen molar-refractivity contribution in [3.05, 3.63) is 30.0 Å². The van der Waals surface area contributed by atoms with Crippen LogP contribution in [0.3, 0.4) is 0 Å². The van der Waals surface area contributed by atoms with Crippen LogP contribution in [0.5, 0.6) is 0 Å². The second kappa shape index (κ2) is 4.89. The minimum absolute atomic E-state index is 0.0229. The van der Waals surface area contributed by atoms with Gasteiger partial charge in [0.2, 0.25) is 5.28 Å². The smallest absolute Gasteiger partial charge is 0.242 e. The molecule has 0 amide bonds. The maximum absolute atomic E-state index is 6.06. The van der Waals surface area contributed by atoms with Gasteiger partial charge in [-0.3, -0.25) is 5.10 Å². The first kappa shape index (κ1) is 15.4. The molecule has 4 bridgehead atoms. The minimum atomic E-state index is -0.0232. The summed E-state index contributed by atoms with van der Waals surface area (Å²) in [4.78, 5) is 13.6. The molecule has 9 nitrogen and oxygen atoms in total. The highest BCUT2D eigenvalue weighted by Gasteiger charge is 2.61. The number of nitrogens with zero attached hydrogens (tertiary/aromatic N) is 8. The number of hydrogen-bond donors (Lipinski definition) is 1. The zero-order chi connectivity index (χ0) is 18.5. The van der Waals surface area contributed by atoms with E-state index in [1.165, 1.54) is 6.42 Å². The Balaban J connectivity index is 1.40. The van der Waals surface area contributed by atoms with Crippen LogP contribution in [0.15, 0.2) is 18.9 Å². The molecule has 1 N–H and O–H groups in total. The second-order valence-electron chi connectivity index (χ2n) is 9.00. The average Bonchev–Trinajstić information content (AvgIpc) is 3.38. The van der Waals surface area contributed by atoms with E-state index in [4.69, 9.17) is 21.7 Å². The highest BCUT2D eigenvalue weighted by atomic mass is 35.5. The molecule has 0 radical (unpaired) electrons. The zero-order valence-electron chi connectivity index (χ0n) is 15.1. The Labute approximate surface area is 164 Å². The van der Waals surface area contributed by atoms with Gasteiger partial charge in [0, 0.05) is 5.41 Å². The minimum Gasteiger partial charge on any atom is -0.261 e. The molecule has 10 heteroatoms. The quantitative estimate of drug-likeness (QED) is 0.559. The third kappa shape index (κ3) is 1.87. The number of nitrogens with one attached hydrogen (secondary N) is 1. The van der Waals surface area contributed by atoms with Gasteiger partial charge in [0.1, 0.15) is 12.7 Å². The molecule has 0 spiro atoms. The summed E-state index contributed by atoms with van der Waals surface area (Å²) in [5.41, 5.74) is 1.52. The fourth-order valence-corrected chi connectivity index (χ4v) is 6.81. The molecule has 4 heterocycles. The molecule has 28 heavy (non-hydrogen) atoms. The van der Waals surface area contributed by atoms with Crippen LogP contribution in [0.1, 0.15) is 44.3 Å². The number of H-pyrrole nitrogens is 1. The molecule has 4 aromatic heterocycles. The van der Waals surface area contributed by atoms with Crippen molar-refractivity contribution in [3.8, 4) is 0 Å². The van der Waals surface area contributed by atoms with Crippen LogP contribution in [0.25, 0.3) is 16.7 Å². The van der Waals surface area contributed by atoms with Crippen molar-refractivity contribution < 1.29 is 0 Å². The maximum Gasteiger partial charge on any atom is 0.242 e. The number of hydrogen-bond acceptors (Lipinski definition) is 6. The predicted molar refractivity (Wildman–Crippen MR) is 99.8 cm³/mol. The molecule has 0 aliphatic heterocycles. The second-order valence-corrected chi connectivity index (χ2v) is 9.34. The van der Waals surface area contributed by atoms with Crippen LogP contribution in [-0.2, 0) is 11.0 Å². The topological polar surface area (TPSA) is 102 Å². The Hall–Kier alpha value is -2.55. The molecule has 0 unspecified atom stereocenters. The van der Waals surface area contributed by atoms with Crippen molar-refractivity contribution in [2.45, 2.75) is 49.5 Å². The maximum atomic E-state index is 6.06. The Kier molecular flexibility index (Phi) is 2.68. The number of halogens is 1. The van der Waals surface area contributed by atoms with Gasteiger partial charge < -0.3 is 0 Å². The van der Waals surface area contributed by atoms with Gasteiger partial charge in [-0.15, -0.1) is 10.2 Å². The van der Waals surface area contributed by atoms with E-state index < -0.39 is 0 Å². The van der Waals surface area contributed by atoms with Gasteiger partial charge in [0.05, 0.1) is 17.1 Å². The normalized spacial score (nSPS) is 34.0. The van der Waals surface area contributed by atoms with Gasteiger partial charge in [0.15, 0.2) is 17.1 Å². The molecule has 2 atom stereocenters. The van der Waals surface area contributed by atoms with Crippen molar-refractivity contribution in [3.63, 3.8) is 0 Å². The lowest BCUT2D eigenvalue weighted by Crippen LogP contribution is -2.58. The van der Waals surface area contributed by atoms with Gasteiger partial charge in [-0.25, -0.2) is 24.1 Å². The van der Waals surface area contributed by atoms with Crippen molar-refractivity contribution in [1.82, 2.24) is 44.5 Å². The van der Waals surface area contributed by atoms with E-state index in [-0.39, 0.29) is 11.0 Å². The first-order valence-corrected chi connectivity index (χ1v) is 10.1. The monoisotopic (exact) mass is 395 g/mol. The van der Waals surface area contributed by atoms with Gasteiger partial charge in [-0.05, 0) is 62.0 Å². The Morgan fingerprint density at radius 2 is 1.93 bits per heavy atom. The Bertz CT molecular complexity index is 1220. The van der Waals surface area contributed by atoms with E-state index in [0.29, 0.717) is 17.1 Å². The molecular formula is C18H18ClN9. The van der Waals surface area contributed by atoms with Crippen molar-refractivity contribution >= 4 is 28.3 Å². The van der Waals surface area contributed by atoms with Crippen LogP contribution >= 0.6 is 11.6 Å². The van der Waals surface area contributed by atoms with Crippen molar-refractivity contribution in [2.24, 2.45) is 11.8 Å². The highest BCUT2D eigenvalue weighted by molar-refractivity contribution is 6.28. The van der Waals surface area contributed by atoms with Gasteiger partial charge >= 0.3 is 0 Å². The summed E-state index contributed by atoms with van der Waals surface area (Å²) in [5, 5.41) is 17.6. The average molecular weight is 396 g/mol. The van der Waals surface area contributed by atoms with E-state index in [1.807, 2.05) is 4.68 Å². The molecular weight excluding hydrogens is 378 g/mol. The van der Waals surface area contributed by atoms with Gasteiger partial charge in [0.25, 0.3) is 0 Å². The molecule has 142 valence electrons. The Morgan fingerprint density at radius 1 is 1.07 bits per heavy atom. The van der Waals surface area contributed by atoms with E-state index in [9.17, 15) is 0 Å². The molecule has 4 aliphatic carbocycles. The zero-order valence-corrected chi connectivity index (χ0v) is 15.8. The summed E-state index contributed by atoms with van der Waals surface area (Å²) in [6, 6.07) is 0. The standard InChI is InChI=1S/C18H18ClN9/c19-16-21-9-28(26-16)18-4-10-1-11(5-18)3-17(2-10,7-18)15-23-14-12-6-22-24-13(12)20-8-27(14)25-15/h6,8-11H,1-5,7H2,(H,22,24)/t10-,11-,17?,18?/m0/s1. The number of rotatable bonds is 2. The van der Waals surface area contributed by atoms with E-state index in [0.717, 1.165) is 54.6 Å². The lowest BCUT2D eigenvalue weighted by atomic mass is 9.46. The number of fused-ring (bicyclic) bond motifs is 3. The van der Waals surface area contributed by atoms with Gasteiger partial charge in [-0.2, -0.15) is 5.10 Å². The largest absolute Gasteiger partial charge is 0.261 e. The number of aromatic amines is 1. The third-order valence-corrected chi connectivity index (χ3v) is 7.42. The summed E-state index contributed by atoms with van der Waals surface area (Å²) in [6.07, 6.45) is 12.2. The first-order valence-electron chi connectivity index (χ1n) is 9.75. The highest BCUT2D eigenvalue weighted by Crippen LogP contribution is 2.64. The van der Waals surface area contributed by atoms with Crippen LogP contribution in [-0.4, -0.2) is 44.5 Å². The van der Waals surface area contributed by atoms with E-state index >= 15 is 0 Å². The van der Waals surface area contributed by atoms with Crippen molar-refractivity contribution in [2.75, 3.05) is 0 Å². The summed E-state index contributed by atoms with van der Waals surface area (Å²) >= 11 is 6.06. The molecule has 4 aromatic rings. The van der Waals surface area contributed by atoms with Crippen molar-refractivity contribution in [1.29, 1.82) is 0 Å².